The largest absolute Gasteiger partial charge is 0.397 e. The van der Waals surface area contributed by atoms with Crippen molar-refractivity contribution in [1.29, 1.82) is 0 Å². The molecule has 1 amide bonds. The van der Waals surface area contributed by atoms with E-state index in [0.29, 0.717) is 36.0 Å². The predicted octanol–water partition coefficient (Wildman–Crippen LogP) is 2.61. The lowest BCUT2D eigenvalue weighted by atomic mass is 10.2. The van der Waals surface area contributed by atoms with E-state index < -0.39 is 0 Å². The van der Waals surface area contributed by atoms with Crippen LogP contribution in [0.1, 0.15) is 20.3 Å². The molecule has 0 aliphatic rings. The number of amides is 1. The summed E-state index contributed by atoms with van der Waals surface area (Å²) >= 11 is 5.90. The Morgan fingerprint density at radius 2 is 2.24 bits per heavy atom. The molecule has 0 aromatic heterocycles. The average Bonchev–Trinajstić information content (AvgIpc) is 2.44. The normalized spacial score (nSPS) is 12.4. The highest BCUT2D eigenvalue weighted by Gasteiger charge is 2.14. The molecular weight excluding hydrogens is 290 g/mol. The summed E-state index contributed by atoms with van der Waals surface area (Å²) in [6, 6.07) is 5.30. The number of rotatable bonds is 8. The lowest BCUT2D eigenvalue weighted by Gasteiger charge is -2.26. The van der Waals surface area contributed by atoms with Crippen molar-refractivity contribution in [1.82, 2.24) is 4.90 Å². The Balaban J connectivity index is 2.51. The van der Waals surface area contributed by atoms with Gasteiger partial charge < -0.3 is 15.8 Å². The van der Waals surface area contributed by atoms with E-state index in [-0.39, 0.29) is 11.9 Å². The highest BCUT2D eigenvalue weighted by Crippen LogP contribution is 2.23. The molecule has 0 heterocycles. The fraction of sp³-hybridized carbons (Fsp3) is 0.533. The second-order valence-electron chi connectivity index (χ2n) is 4.96. The van der Waals surface area contributed by atoms with Crippen LogP contribution in [0.4, 0.5) is 11.4 Å². The zero-order chi connectivity index (χ0) is 15.8. The Bertz CT molecular complexity index is 468. The molecule has 1 atom stereocenters. The van der Waals surface area contributed by atoms with Crippen molar-refractivity contribution in [3.8, 4) is 0 Å². The molecule has 5 nitrogen and oxygen atoms in total. The van der Waals surface area contributed by atoms with Crippen LogP contribution in [0.15, 0.2) is 18.2 Å². The van der Waals surface area contributed by atoms with Crippen molar-refractivity contribution in [3.63, 3.8) is 0 Å². The summed E-state index contributed by atoms with van der Waals surface area (Å²) in [5.41, 5.74) is 6.87. The summed E-state index contributed by atoms with van der Waals surface area (Å²) in [5.74, 6) is -0.0768. The van der Waals surface area contributed by atoms with Gasteiger partial charge in [0.1, 0.15) is 0 Å². The smallest absolute Gasteiger partial charge is 0.225 e. The molecule has 0 aliphatic heterocycles. The Hall–Kier alpha value is -1.30. The number of methoxy groups -OCH3 is 1. The number of nitrogens with one attached hydrogen (secondary N) is 1. The van der Waals surface area contributed by atoms with Gasteiger partial charge in [0, 0.05) is 31.1 Å². The standard InChI is InChI=1S/C15H24ClN3O2/c1-4-19(11(2)10-21-3)8-7-15(20)18-14-9-12(16)5-6-13(14)17/h5-6,9,11H,4,7-8,10,17H2,1-3H3,(H,18,20). The van der Waals surface area contributed by atoms with Gasteiger partial charge in [0.2, 0.25) is 5.91 Å². The molecule has 0 bridgehead atoms. The molecule has 6 heteroatoms. The van der Waals surface area contributed by atoms with Crippen molar-refractivity contribution < 1.29 is 9.53 Å². The van der Waals surface area contributed by atoms with Crippen LogP contribution in [0.3, 0.4) is 0 Å². The SMILES string of the molecule is CCN(CCC(=O)Nc1cc(Cl)ccc1N)C(C)COC. The number of anilines is 2. The Kier molecular flexibility index (Phi) is 7.50. The van der Waals surface area contributed by atoms with Gasteiger partial charge in [0.25, 0.3) is 0 Å². The zero-order valence-electron chi connectivity index (χ0n) is 12.9. The van der Waals surface area contributed by atoms with Crippen LogP contribution in [0.5, 0.6) is 0 Å². The van der Waals surface area contributed by atoms with Crippen LogP contribution in [0.25, 0.3) is 0 Å². The van der Waals surface area contributed by atoms with Gasteiger partial charge in [-0.1, -0.05) is 18.5 Å². The molecular formula is C15H24ClN3O2. The minimum Gasteiger partial charge on any atom is -0.397 e. The third kappa shape index (κ3) is 5.91. The maximum Gasteiger partial charge on any atom is 0.225 e. The predicted molar refractivity (Wildman–Crippen MR) is 87.7 cm³/mol. The number of hydrogen-bond acceptors (Lipinski definition) is 4. The van der Waals surface area contributed by atoms with Crippen molar-refractivity contribution in [3.05, 3.63) is 23.2 Å². The second kappa shape index (κ2) is 8.87. The fourth-order valence-electron chi connectivity index (χ4n) is 2.13. The number of carbonyl (C=O) groups is 1. The van der Waals surface area contributed by atoms with Crippen molar-refractivity contribution in [2.24, 2.45) is 0 Å². The van der Waals surface area contributed by atoms with Gasteiger partial charge >= 0.3 is 0 Å². The summed E-state index contributed by atoms with van der Waals surface area (Å²) in [7, 11) is 1.68. The molecule has 118 valence electrons. The lowest BCUT2D eigenvalue weighted by Crippen LogP contribution is -2.38. The molecule has 0 saturated carbocycles. The first-order chi connectivity index (χ1) is 9.97. The quantitative estimate of drug-likeness (QED) is 0.724. The van der Waals surface area contributed by atoms with Crippen LogP contribution in [0.2, 0.25) is 5.02 Å². The number of ether oxygens (including phenoxy) is 1. The van der Waals surface area contributed by atoms with E-state index in [4.69, 9.17) is 22.1 Å². The molecule has 0 spiro atoms. The zero-order valence-corrected chi connectivity index (χ0v) is 13.6. The van der Waals surface area contributed by atoms with Gasteiger partial charge in [0.15, 0.2) is 0 Å². The lowest BCUT2D eigenvalue weighted by molar-refractivity contribution is -0.116. The molecule has 1 rings (SSSR count). The molecule has 0 fully saturated rings. The molecule has 0 radical (unpaired) electrons. The molecule has 0 saturated heterocycles. The monoisotopic (exact) mass is 313 g/mol. The molecule has 1 unspecified atom stereocenters. The van der Waals surface area contributed by atoms with Gasteiger partial charge in [0.05, 0.1) is 18.0 Å². The number of carbonyl (C=O) groups excluding carboxylic acids is 1. The average molecular weight is 314 g/mol. The van der Waals surface area contributed by atoms with Gasteiger partial charge in [-0.15, -0.1) is 0 Å². The number of hydrogen-bond donors (Lipinski definition) is 2. The van der Waals surface area contributed by atoms with E-state index in [0.717, 1.165) is 6.54 Å². The number of benzene rings is 1. The highest BCUT2D eigenvalue weighted by molar-refractivity contribution is 6.31. The fourth-order valence-corrected chi connectivity index (χ4v) is 2.30. The summed E-state index contributed by atoms with van der Waals surface area (Å²) in [6.07, 6.45) is 0.397. The molecule has 3 N–H and O–H groups in total. The van der Waals surface area contributed by atoms with Crippen molar-refractivity contribution >= 4 is 28.9 Å². The summed E-state index contributed by atoms with van der Waals surface area (Å²) in [5, 5.41) is 3.34. The summed E-state index contributed by atoms with van der Waals surface area (Å²) in [4.78, 5) is 14.2. The van der Waals surface area contributed by atoms with Crippen LogP contribution >= 0.6 is 11.6 Å². The van der Waals surface area contributed by atoms with Crippen molar-refractivity contribution in [2.75, 3.05) is 37.9 Å². The van der Waals surface area contributed by atoms with Crippen LogP contribution in [-0.4, -0.2) is 43.7 Å². The summed E-state index contributed by atoms with van der Waals surface area (Å²) in [6.45, 7) is 6.35. The van der Waals surface area contributed by atoms with E-state index >= 15 is 0 Å². The van der Waals surface area contributed by atoms with Crippen LogP contribution < -0.4 is 11.1 Å². The van der Waals surface area contributed by atoms with Gasteiger partial charge in [-0.2, -0.15) is 0 Å². The number of nitrogens with two attached hydrogens (primary N) is 1. The first kappa shape index (κ1) is 17.8. The van der Waals surface area contributed by atoms with Crippen molar-refractivity contribution in [2.45, 2.75) is 26.3 Å². The van der Waals surface area contributed by atoms with Crippen LogP contribution in [0, 0.1) is 0 Å². The van der Waals surface area contributed by atoms with E-state index in [1.54, 1.807) is 25.3 Å². The highest BCUT2D eigenvalue weighted by atomic mass is 35.5. The number of nitrogens with zero attached hydrogens (tertiary/aromatic N) is 1. The minimum atomic E-state index is -0.0768. The van der Waals surface area contributed by atoms with E-state index in [9.17, 15) is 4.79 Å². The summed E-state index contributed by atoms with van der Waals surface area (Å²) < 4.78 is 5.14. The minimum absolute atomic E-state index is 0.0768. The van der Waals surface area contributed by atoms with Crippen LogP contribution in [-0.2, 0) is 9.53 Å². The van der Waals surface area contributed by atoms with E-state index in [1.165, 1.54) is 0 Å². The Morgan fingerprint density at radius 1 is 1.52 bits per heavy atom. The maximum absolute atomic E-state index is 12.0. The molecule has 1 aromatic carbocycles. The van der Waals surface area contributed by atoms with Gasteiger partial charge in [-0.3, -0.25) is 9.69 Å². The molecule has 0 aliphatic carbocycles. The van der Waals surface area contributed by atoms with Gasteiger partial charge in [-0.25, -0.2) is 0 Å². The number of nitrogen functional groups attached to an aromatic ring is 1. The third-order valence-corrected chi connectivity index (χ3v) is 3.59. The Morgan fingerprint density at radius 3 is 2.86 bits per heavy atom. The van der Waals surface area contributed by atoms with Gasteiger partial charge in [-0.05, 0) is 31.7 Å². The molecule has 21 heavy (non-hydrogen) atoms. The third-order valence-electron chi connectivity index (χ3n) is 3.35. The number of likely N-dealkylation sites (N-methyl/N-ethyl adjacent to an activating group) is 1. The first-order valence-electron chi connectivity index (χ1n) is 7.05. The topological polar surface area (TPSA) is 67.6 Å². The molecule has 1 aromatic rings. The second-order valence-corrected chi connectivity index (χ2v) is 5.40. The Labute approximate surface area is 131 Å². The number of halogens is 1. The maximum atomic E-state index is 12.0. The van der Waals surface area contributed by atoms with E-state index in [1.807, 2.05) is 0 Å². The first-order valence-corrected chi connectivity index (χ1v) is 7.43. The van der Waals surface area contributed by atoms with E-state index in [2.05, 4.69) is 24.1 Å².